The number of rotatable bonds is 6. The van der Waals surface area contributed by atoms with Crippen LogP contribution in [0.5, 0.6) is 5.75 Å². The largest absolute Gasteiger partial charge is 0.488 e. The van der Waals surface area contributed by atoms with Crippen molar-refractivity contribution in [1.29, 1.82) is 0 Å². The fraction of sp³-hybridized carbons (Fsp3) is 0.593. The van der Waals surface area contributed by atoms with E-state index in [2.05, 4.69) is 63.2 Å². The molecule has 4 heterocycles. The van der Waals surface area contributed by atoms with Crippen LogP contribution in [0.1, 0.15) is 56.4 Å². The van der Waals surface area contributed by atoms with Gasteiger partial charge in [0.25, 0.3) is 0 Å². The first-order valence-corrected chi connectivity index (χ1v) is 13.0. The van der Waals surface area contributed by atoms with Crippen molar-refractivity contribution in [3.63, 3.8) is 0 Å². The number of benzene rings is 1. The highest BCUT2D eigenvalue weighted by Crippen LogP contribution is 2.40. The monoisotopic (exact) mass is 460 g/mol. The van der Waals surface area contributed by atoms with Gasteiger partial charge in [-0.2, -0.15) is 0 Å². The maximum atomic E-state index is 6.21. The van der Waals surface area contributed by atoms with E-state index in [-0.39, 0.29) is 5.60 Å². The quantitative estimate of drug-likeness (QED) is 0.714. The lowest BCUT2D eigenvalue weighted by Crippen LogP contribution is -2.53. The molecule has 1 aromatic heterocycles. The third kappa shape index (κ3) is 4.56. The number of nitrogens with zero attached hydrogens (tertiary/aromatic N) is 5. The number of hydrogen-bond donors (Lipinski definition) is 1. The molecule has 1 saturated carbocycles. The third-order valence-corrected chi connectivity index (χ3v) is 8.00. The lowest BCUT2D eigenvalue weighted by Gasteiger charge is -2.42. The molecule has 0 unspecified atom stereocenters. The Hall–Kier alpha value is -2.51. The number of aliphatic imine (C=N–C) groups is 1. The molecule has 7 heteroatoms. The van der Waals surface area contributed by atoms with Gasteiger partial charge in [0.2, 0.25) is 0 Å². The predicted octanol–water partition coefficient (Wildman–Crippen LogP) is 3.27. The molecular formula is C27H36N6O. The molecule has 3 fully saturated rings. The standard InChI is InChI=1S/C27H36N6O/c1-19-16-33(12-11-32(19)17-20-5-9-28-10-6-20)25-14-24(30-18-31-25)26-23-13-22(34-27(2)7-8-27)4-3-21(23)15-29-26/h3-4,13-14,18-20,28H,5-12,15-17H2,1-2H3/t19-/m0/s1. The van der Waals surface area contributed by atoms with E-state index in [1.807, 2.05) is 0 Å². The van der Waals surface area contributed by atoms with Crippen molar-refractivity contribution in [1.82, 2.24) is 20.2 Å². The lowest BCUT2D eigenvalue weighted by molar-refractivity contribution is 0.147. The van der Waals surface area contributed by atoms with E-state index < -0.39 is 0 Å². The normalized spacial score (nSPS) is 24.6. The van der Waals surface area contributed by atoms with Gasteiger partial charge in [0.05, 0.1) is 18.0 Å². The smallest absolute Gasteiger partial charge is 0.132 e. The van der Waals surface area contributed by atoms with Crippen LogP contribution in [0.25, 0.3) is 0 Å². The summed E-state index contributed by atoms with van der Waals surface area (Å²) in [6.07, 6.45) is 6.56. The maximum absolute atomic E-state index is 6.21. The second-order valence-electron chi connectivity index (χ2n) is 10.8. The van der Waals surface area contributed by atoms with Gasteiger partial charge >= 0.3 is 0 Å². The molecule has 1 aromatic carbocycles. The van der Waals surface area contributed by atoms with Crippen molar-refractivity contribution >= 4 is 11.5 Å². The molecule has 0 spiro atoms. The van der Waals surface area contributed by atoms with Gasteiger partial charge in [-0.15, -0.1) is 0 Å². The molecule has 2 aromatic rings. The Balaban J connectivity index is 1.15. The summed E-state index contributed by atoms with van der Waals surface area (Å²) in [6.45, 7) is 11.9. The first kappa shape index (κ1) is 22.0. The van der Waals surface area contributed by atoms with Crippen molar-refractivity contribution in [2.75, 3.05) is 44.2 Å². The lowest BCUT2D eigenvalue weighted by atomic mass is 9.96. The number of fused-ring (bicyclic) bond motifs is 1. The van der Waals surface area contributed by atoms with Crippen molar-refractivity contribution in [3.05, 3.63) is 47.4 Å². The molecule has 6 rings (SSSR count). The predicted molar refractivity (Wildman–Crippen MR) is 135 cm³/mol. The van der Waals surface area contributed by atoms with E-state index in [1.165, 1.54) is 38.0 Å². The first-order valence-electron chi connectivity index (χ1n) is 13.0. The molecule has 7 nitrogen and oxygen atoms in total. The second kappa shape index (κ2) is 8.93. The zero-order chi connectivity index (χ0) is 23.1. The van der Waals surface area contributed by atoms with Crippen LogP contribution in [-0.2, 0) is 6.54 Å². The number of ether oxygens (including phenoxy) is 1. The third-order valence-electron chi connectivity index (χ3n) is 8.00. The Bertz CT molecular complexity index is 1070. The maximum Gasteiger partial charge on any atom is 0.132 e. The number of anilines is 1. The molecule has 4 aliphatic rings. The number of hydrogen-bond acceptors (Lipinski definition) is 7. The highest BCUT2D eigenvalue weighted by Gasteiger charge is 2.40. The molecule has 2 saturated heterocycles. The van der Waals surface area contributed by atoms with Crippen LogP contribution in [0, 0.1) is 5.92 Å². The summed E-state index contributed by atoms with van der Waals surface area (Å²) < 4.78 is 6.21. The van der Waals surface area contributed by atoms with E-state index >= 15 is 0 Å². The molecule has 1 atom stereocenters. The first-order chi connectivity index (χ1) is 16.6. The van der Waals surface area contributed by atoms with Gasteiger partial charge in [-0.1, -0.05) is 6.07 Å². The summed E-state index contributed by atoms with van der Waals surface area (Å²) in [5.41, 5.74) is 4.26. The van der Waals surface area contributed by atoms with Crippen LogP contribution < -0.4 is 15.0 Å². The van der Waals surface area contributed by atoms with Crippen molar-refractivity contribution in [2.45, 2.75) is 57.7 Å². The zero-order valence-corrected chi connectivity index (χ0v) is 20.5. The Morgan fingerprint density at radius 1 is 1.12 bits per heavy atom. The summed E-state index contributed by atoms with van der Waals surface area (Å²) in [5, 5.41) is 3.48. The summed E-state index contributed by atoms with van der Waals surface area (Å²) >= 11 is 0. The Morgan fingerprint density at radius 3 is 2.76 bits per heavy atom. The highest BCUT2D eigenvalue weighted by atomic mass is 16.5. The zero-order valence-electron chi connectivity index (χ0n) is 20.5. The molecule has 34 heavy (non-hydrogen) atoms. The van der Waals surface area contributed by atoms with Crippen LogP contribution in [0.2, 0.25) is 0 Å². The average Bonchev–Trinajstić information content (AvgIpc) is 3.43. The highest BCUT2D eigenvalue weighted by molar-refractivity contribution is 6.14. The SMILES string of the molecule is C[C@H]1CN(c2cc(C3=NCc4ccc(OC5(C)CC5)cc43)ncn2)CCN1CC1CCNCC1. The van der Waals surface area contributed by atoms with Gasteiger partial charge in [0.15, 0.2) is 0 Å². The number of aromatic nitrogens is 2. The van der Waals surface area contributed by atoms with Gasteiger partial charge in [-0.25, -0.2) is 9.97 Å². The topological polar surface area (TPSA) is 65.9 Å². The summed E-state index contributed by atoms with van der Waals surface area (Å²) in [7, 11) is 0. The Labute approximate surface area is 202 Å². The second-order valence-corrected chi connectivity index (χ2v) is 10.8. The van der Waals surface area contributed by atoms with Gasteiger partial charge in [0, 0.05) is 43.9 Å². The van der Waals surface area contributed by atoms with Crippen LogP contribution in [0.3, 0.4) is 0 Å². The minimum absolute atomic E-state index is 0.0128. The fourth-order valence-electron chi connectivity index (χ4n) is 5.53. The average molecular weight is 461 g/mol. The van der Waals surface area contributed by atoms with E-state index in [0.29, 0.717) is 12.6 Å². The van der Waals surface area contributed by atoms with Crippen molar-refractivity contribution in [2.24, 2.45) is 10.9 Å². The Kier molecular flexibility index (Phi) is 5.77. The molecule has 180 valence electrons. The van der Waals surface area contributed by atoms with Crippen LogP contribution in [-0.4, -0.2) is 71.5 Å². The van der Waals surface area contributed by atoms with E-state index in [9.17, 15) is 0 Å². The van der Waals surface area contributed by atoms with Gasteiger partial charge in [-0.3, -0.25) is 9.89 Å². The van der Waals surface area contributed by atoms with Gasteiger partial charge < -0.3 is 15.0 Å². The summed E-state index contributed by atoms with van der Waals surface area (Å²) in [4.78, 5) is 19.2. The van der Waals surface area contributed by atoms with E-state index in [0.717, 1.165) is 66.9 Å². The number of nitrogens with one attached hydrogen (secondary N) is 1. The molecule has 0 bridgehead atoms. The molecular weight excluding hydrogens is 424 g/mol. The van der Waals surface area contributed by atoms with Crippen molar-refractivity contribution < 1.29 is 4.74 Å². The minimum atomic E-state index is 0.0128. The number of piperidine rings is 1. The number of piperazine rings is 1. The minimum Gasteiger partial charge on any atom is -0.488 e. The summed E-state index contributed by atoms with van der Waals surface area (Å²) in [5.74, 6) is 2.77. The van der Waals surface area contributed by atoms with Gasteiger partial charge in [0.1, 0.15) is 23.5 Å². The molecule has 0 radical (unpaired) electrons. The molecule has 1 aliphatic carbocycles. The van der Waals surface area contributed by atoms with E-state index in [4.69, 9.17) is 9.73 Å². The molecule has 3 aliphatic heterocycles. The van der Waals surface area contributed by atoms with E-state index in [1.54, 1.807) is 6.33 Å². The summed E-state index contributed by atoms with van der Waals surface area (Å²) in [6, 6.07) is 9.03. The Morgan fingerprint density at radius 2 is 1.97 bits per heavy atom. The molecule has 0 amide bonds. The van der Waals surface area contributed by atoms with Crippen LogP contribution in [0.15, 0.2) is 35.6 Å². The fourth-order valence-corrected chi connectivity index (χ4v) is 5.53. The molecule has 1 N–H and O–H groups in total. The van der Waals surface area contributed by atoms with Crippen LogP contribution >= 0.6 is 0 Å². The van der Waals surface area contributed by atoms with Crippen LogP contribution in [0.4, 0.5) is 5.82 Å². The van der Waals surface area contributed by atoms with Gasteiger partial charge in [-0.05, 0) is 76.2 Å². The van der Waals surface area contributed by atoms with Crippen molar-refractivity contribution in [3.8, 4) is 5.75 Å².